The standard InChI is InChI=1S/C12H19N3/c1-15-7-10(6-14-15)12(13)11-5-8-2-3-9(11)4-8/h6-9,11-12H,2-5,13H2,1H3. The summed E-state index contributed by atoms with van der Waals surface area (Å²) in [5, 5.41) is 4.21. The molecule has 2 N–H and O–H groups in total. The molecule has 0 spiro atoms. The van der Waals surface area contributed by atoms with Gasteiger partial charge >= 0.3 is 0 Å². The third kappa shape index (κ3) is 1.49. The molecule has 3 nitrogen and oxygen atoms in total. The summed E-state index contributed by atoms with van der Waals surface area (Å²) in [5.74, 6) is 2.58. The third-order valence-corrected chi connectivity index (χ3v) is 4.36. The van der Waals surface area contributed by atoms with Gasteiger partial charge in [0.25, 0.3) is 0 Å². The predicted molar refractivity (Wildman–Crippen MR) is 59.1 cm³/mol. The molecule has 2 fully saturated rings. The highest BCUT2D eigenvalue weighted by Gasteiger charge is 2.42. The molecule has 2 aliphatic rings. The summed E-state index contributed by atoms with van der Waals surface area (Å²) in [5.41, 5.74) is 7.56. The molecule has 1 heterocycles. The normalized spacial score (nSPS) is 36.0. The van der Waals surface area contributed by atoms with Crippen LogP contribution < -0.4 is 5.73 Å². The maximum atomic E-state index is 6.35. The minimum absolute atomic E-state index is 0.217. The number of aromatic nitrogens is 2. The zero-order chi connectivity index (χ0) is 10.4. The van der Waals surface area contributed by atoms with Crippen molar-refractivity contribution in [2.24, 2.45) is 30.5 Å². The molecule has 3 rings (SSSR count). The van der Waals surface area contributed by atoms with Crippen LogP contribution in [0.15, 0.2) is 12.4 Å². The van der Waals surface area contributed by atoms with Crippen LogP contribution in [0.5, 0.6) is 0 Å². The second-order valence-corrected chi connectivity index (χ2v) is 5.31. The monoisotopic (exact) mass is 205 g/mol. The van der Waals surface area contributed by atoms with Gasteiger partial charge in [-0.25, -0.2) is 0 Å². The van der Waals surface area contributed by atoms with Gasteiger partial charge in [-0.3, -0.25) is 4.68 Å². The lowest BCUT2D eigenvalue weighted by molar-refractivity contribution is 0.284. The van der Waals surface area contributed by atoms with E-state index in [9.17, 15) is 0 Å². The largest absolute Gasteiger partial charge is 0.324 e. The molecule has 2 saturated carbocycles. The van der Waals surface area contributed by atoms with Crippen LogP contribution in [0.4, 0.5) is 0 Å². The third-order valence-electron chi connectivity index (χ3n) is 4.36. The molecule has 1 aromatic rings. The van der Waals surface area contributed by atoms with Crippen LogP contribution in [0.1, 0.15) is 37.3 Å². The molecular weight excluding hydrogens is 186 g/mol. The van der Waals surface area contributed by atoms with Crippen molar-refractivity contribution in [2.45, 2.75) is 31.7 Å². The van der Waals surface area contributed by atoms with Gasteiger partial charge in [-0.1, -0.05) is 6.42 Å². The van der Waals surface area contributed by atoms with E-state index in [2.05, 4.69) is 11.3 Å². The van der Waals surface area contributed by atoms with Gasteiger partial charge in [-0.2, -0.15) is 5.10 Å². The molecule has 4 atom stereocenters. The summed E-state index contributed by atoms with van der Waals surface area (Å²) in [7, 11) is 1.96. The lowest BCUT2D eigenvalue weighted by Gasteiger charge is -2.26. The molecule has 1 aromatic heterocycles. The van der Waals surface area contributed by atoms with Gasteiger partial charge in [0.05, 0.1) is 6.20 Å². The van der Waals surface area contributed by atoms with Crippen LogP contribution in [0.3, 0.4) is 0 Å². The van der Waals surface area contributed by atoms with E-state index in [4.69, 9.17) is 5.73 Å². The highest BCUT2D eigenvalue weighted by molar-refractivity contribution is 5.13. The number of rotatable bonds is 2. The van der Waals surface area contributed by atoms with Crippen molar-refractivity contribution in [3.63, 3.8) is 0 Å². The fourth-order valence-electron chi connectivity index (χ4n) is 3.59. The van der Waals surface area contributed by atoms with Crippen molar-refractivity contribution in [2.75, 3.05) is 0 Å². The SMILES string of the molecule is Cn1cc(C(N)C2CC3CCC2C3)cn1. The second-order valence-electron chi connectivity index (χ2n) is 5.31. The smallest absolute Gasteiger partial charge is 0.0537 e. The van der Waals surface area contributed by atoms with Crippen LogP contribution >= 0.6 is 0 Å². The number of nitrogens with zero attached hydrogens (tertiary/aromatic N) is 2. The molecule has 0 amide bonds. The minimum Gasteiger partial charge on any atom is -0.324 e. The molecule has 4 unspecified atom stereocenters. The average molecular weight is 205 g/mol. The fourth-order valence-corrected chi connectivity index (χ4v) is 3.59. The van der Waals surface area contributed by atoms with Crippen molar-refractivity contribution >= 4 is 0 Å². The van der Waals surface area contributed by atoms with Gasteiger partial charge in [-0.15, -0.1) is 0 Å². The zero-order valence-electron chi connectivity index (χ0n) is 9.26. The quantitative estimate of drug-likeness (QED) is 0.801. The first kappa shape index (κ1) is 9.40. The molecule has 15 heavy (non-hydrogen) atoms. The summed E-state index contributed by atoms with van der Waals surface area (Å²) in [4.78, 5) is 0. The Balaban J connectivity index is 1.77. The van der Waals surface area contributed by atoms with Gasteiger partial charge < -0.3 is 5.73 Å². The molecule has 2 aliphatic carbocycles. The highest BCUT2D eigenvalue weighted by Crippen LogP contribution is 2.51. The van der Waals surface area contributed by atoms with Crippen LogP contribution in [0.2, 0.25) is 0 Å². The van der Waals surface area contributed by atoms with Crippen molar-refractivity contribution in [3.8, 4) is 0 Å². The van der Waals surface area contributed by atoms with Crippen LogP contribution in [0, 0.1) is 17.8 Å². The van der Waals surface area contributed by atoms with E-state index in [-0.39, 0.29) is 6.04 Å². The van der Waals surface area contributed by atoms with E-state index in [1.165, 1.54) is 31.2 Å². The number of aryl methyl sites for hydroxylation is 1. The summed E-state index contributed by atoms with van der Waals surface area (Å²) < 4.78 is 1.85. The Bertz CT molecular complexity index is 358. The van der Waals surface area contributed by atoms with Gasteiger partial charge in [0, 0.05) is 24.8 Å². The molecule has 82 valence electrons. The number of hydrogen-bond acceptors (Lipinski definition) is 2. The van der Waals surface area contributed by atoms with Gasteiger partial charge in [0.1, 0.15) is 0 Å². The van der Waals surface area contributed by atoms with Crippen molar-refractivity contribution in [1.29, 1.82) is 0 Å². The van der Waals surface area contributed by atoms with Gasteiger partial charge in [-0.05, 0) is 37.0 Å². The summed E-state index contributed by atoms with van der Waals surface area (Å²) in [6.45, 7) is 0. The highest BCUT2D eigenvalue weighted by atomic mass is 15.2. The van der Waals surface area contributed by atoms with Crippen molar-refractivity contribution in [3.05, 3.63) is 18.0 Å². The maximum Gasteiger partial charge on any atom is 0.0537 e. The molecule has 0 radical (unpaired) electrons. The first-order valence-corrected chi connectivity index (χ1v) is 5.98. The molecule has 0 aromatic carbocycles. The topological polar surface area (TPSA) is 43.8 Å². The van der Waals surface area contributed by atoms with E-state index in [0.717, 1.165) is 11.8 Å². The van der Waals surface area contributed by atoms with E-state index >= 15 is 0 Å². The van der Waals surface area contributed by atoms with Crippen molar-refractivity contribution < 1.29 is 0 Å². The summed E-state index contributed by atoms with van der Waals surface area (Å²) in [6.07, 6.45) is 9.62. The minimum atomic E-state index is 0.217. The lowest BCUT2D eigenvalue weighted by atomic mass is 9.82. The van der Waals surface area contributed by atoms with Crippen LogP contribution in [-0.4, -0.2) is 9.78 Å². The first-order chi connectivity index (χ1) is 7.24. The lowest BCUT2D eigenvalue weighted by Crippen LogP contribution is -2.25. The Labute approximate surface area is 90.7 Å². The molecule has 2 bridgehead atoms. The average Bonchev–Trinajstić information content (AvgIpc) is 2.90. The second kappa shape index (κ2) is 3.34. The Hall–Kier alpha value is -0.830. The Morgan fingerprint density at radius 3 is 2.87 bits per heavy atom. The Kier molecular flexibility index (Phi) is 2.09. The zero-order valence-corrected chi connectivity index (χ0v) is 9.26. The Morgan fingerprint density at radius 1 is 1.47 bits per heavy atom. The number of hydrogen-bond donors (Lipinski definition) is 1. The first-order valence-electron chi connectivity index (χ1n) is 5.98. The van der Waals surface area contributed by atoms with E-state index in [0.29, 0.717) is 5.92 Å². The predicted octanol–water partition coefficient (Wildman–Crippen LogP) is 1.86. The maximum absolute atomic E-state index is 6.35. The van der Waals surface area contributed by atoms with Crippen LogP contribution in [0.25, 0.3) is 0 Å². The molecule has 0 saturated heterocycles. The van der Waals surface area contributed by atoms with Crippen molar-refractivity contribution in [1.82, 2.24) is 9.78 Å². The molecule has 0 aliphatic heterocycles. The molecule has 3 heteroatoms. The van der Waals surface area contributed by atoms with E-state index in [1.54, 1.807) is 0 Å². The molecular formula is C12H19N3. The van der Waals surface area contributed by atoms with E-state index in [1.807, 2.05) is 17.9 Å². The number of fused-ring (bicyclic) bond motifs is 2. The van der Waals surface area contributed by atoms with Gasteiger partial charge in [0.15, 0.2) is 0 Å². The summed E-state index contributed by atoms with van der Waals surface area (Å²) in [6, 6.07) is 0.217. The van der Waals surface area contributed by atoms with Gasteiger partial charge in [0.2, 0.25) is 0 Å². The van der Waals surface area contributed by atoms with E-state index < -0.39 is 0 Å². The number of nitrogens with two attached hydrogens (primary N) is 1. The Morgan fingerprint density at radius 2 is 2.33 bits per heavy atom. The summed E-state index contributed by atoms with van der Waals surface area (Å²) >= 11 is 0. The fraction of sp³-hybridized carbons (Fsp3) is 0.750. The van der Waals surface area contributed by atoms with Crippen LogP contribution in [-0.2, 0) is 7.05 Å².